The minimum Gasteiger partial charge on any atom is -0.494 e. The Balaban J connectivity index is 2.09. The molecule has 112 valence electrons. The first kappa shape index (κ1) is 15.4. The number of furan rings is 1. The van der Waals surface area contributed by atoms with E-state index in [0.717, 1.165) is 11.5 Å². The van der Waals surface area contributed by atoms with Gasteiger partial charge in [-0.25, -0.2) is 0 Å². The topological polar surface area (TPSA) is 75.3 Å². The number of nitriles is 1. The van der Waals surface area contributed by atoms with Crippen molar-refractivity contribution >= 4 is 17.7 Å². The van der Waals surface area contributed by atoms with Gasteiger partial charge in [0.1, 0.15) is 28.9 Å². The van der Waals surface area contributed by atoms with Crippen LogP contribution in [-0.2, 0) is 4.79 Å². The zero-order valence-electron chi connectivity index (χ0n) is 12.4. The van der Waals surface area contributed by atoms with E-state index in [1.54, 1.807) is 43.3 Å². The lowest BCUT2D eigenvalue weighted by molar-refractivity contribution is -0.112. The minimum absolute atomic E-state index is 0.0248. The summed E-state index contributed by atoms with van der Waals surface area (Å²) < 4.78 is 10.7. The average molecular weight is 296 g/mol. The Bertz CT molecular complexity index is 721. The molecule has 1 N–H and O–H groups in total. The third kappa shape index (κ3) is 4.00. The van der Waals surface area contributed by atoms with Crippen molar-refractivity contribution in [1.82, 2.24) is 0 Å². The number of benzene rings is 1. The molecule has 0 bridgehead atoms. The van der Waals surface area contributed by atoms with Crippen molar-refractivity contribution in [3.63, 3.8) is 0 Å². The molecular weight excluding hydrogens is 280 g/mol. The Morgan fingerprint density at radius 2 is 2.05 bits per heavy atom. The number of carbonyl (C=O) groups is 1. The molecule has 5 nitrogen and oxygen atoms in total. The SMILES string of the molecule is CCOc1ccc(NC(=O)/C(C#N)=C/c2ccc(C)o2)cc1. The van der Waals surface area contributed by atoms with Crippen LogP contribution in [0.2, 0.25) is 0 Å². The molecule has 0 aliphatic rings. The first-order chi connectivity index (χ1) is 10.6. The molecule has 0 radical (unpaired) electrons. The molecule has 1 amide bonds. The van der Waals surface area contributed by atoms with Gasteiger partial charge in [-0.1, -0.05) is 0 Å². The predicted octanol–water partition coefficient (Wildman–Crippen LogP) is 3.53. The van der Waals surface area contributed by atoms with Gasteiger partial charge in [0, 0.05) is 11.8 Å². The molecule has 0 atom stereocenters. The summed E-state index contributed by atoms with van der Waals surface area (Å²) in [5.74, 6) is 1.43. The lowest BCUT2D eigenvalue weighted by Gasteiger charge is -2.06. The number of hydrogen-bond acceptors (Lipinski definition) is 4. The van der Waals surface area contributed by atoms with Gasteiger partial charge in [0.25, 0.3) is 5.91 Å². The van der Waals surface area contributed by atoms with Crippen LogP contribution in [0.1, 0.15) is 18.4 Å². The molecule has 1 aromatic heterocycles. The highest BCUT2D eigenvalue weighted by molar-refractivity contribution is 6.09. The quantitative estimate of drug-likeness (QED) is 0.676. The van der Waals surface area contributed by atoms with Crippen molar-refractivity contribution in [3.8, 4) is 11.8 Å². The van der Waals surface area contributed by atoms with Gasteiger partial charge in [-0.3, -0.25) is 4.79 Å². The second-order valence-electron chi connectivity index (χ2n) is 4.53. The maximum Gasteiger partial charge on any atom is 0.266 e. The number of carbonyl (C=O) groups excluding carboxylic acids is 1. The lowest BCUT2D eigenvalue weighted by Crippen LogP contribution is -2.13. The molecule has 2 rings (SSSR count). The van der Waals surface area contributed by atoms with Crippen LogP contribution >= 0.6 is 0 Å². The molecule has 0 spiro atoms. The second kappa shape index (κ2) is 7.14. The van der Waals surface area contributed by atoms with Gasteiger partial charge >= 0.3 is 0 Å². The van der Waals surface area contributed by atoms with Crippen LogP contribution in [0.5, 0.6) is 5.75 Å². The number of amides is 1. The molecule has 1 heterocycles. The fourth-order valence-corrected chi connectivity index (χ4v) is 1.82. The third-order valence-corrected chi connectivity index (χ3v) is 2.84. The minimum atomic E-state index is -0.485. The number of nitrogens with zero attached hydrogens (tertiary/aromatic N) is 1. The molecule has 0 saturated carbocycles. The summed E-state index contributed by atoms with van der Waals surface area (Å²) in [5, 5.41) is 11.8. The van der Waals surface area contributed by atoms with Crippen molar-refractivity contribution in [2.75, 3.05) is 11.9 Å². The molecule has 22 heavy (non-hydrogen) atoms. The highest BCUT2D eigenvalue weighted by atomic mass is 16.5. The zero-order chi connectivity index (χ0) is 15.9. The van der Waals surface area contributed by atoms with Crippen molar-refractivity contribution in [3.05, 3.63) is 53.5 Å². The third-order valence-electron chi connectivity index (χ3n) is 2.84. The Morgan fingerprint density at radius 3 is 2.59 bits per heavy atom. The summed E-state index contributed by atoms with van der Waals surface area (Å²) in [4.78, 5) is 12.1. The maximum absolute atomic E-state index is 12.1. The summed E-state index contributed by atoms with van der Waals surface area (Å²) in [6.07, 6.45) is 1.41. The predicted molar refractivity (Wildman–Crippen MR) is 83.3 cm³/mol. The van der Waals surface area contributed by atoms with Gasteiger partial charge in [0.2, 0.25) is 0 Å². The molecule has 0 aliphatic carbocycles. The molecule has 5 heteroatoms. The van der Waals surface area contributed by atoms with Crippen LogP contribution in [0.4, 0.5) is 5.69 Å². The molecule has 0 unspecified atom stereocenters. The summed E-state index contributed by atoms with van der Waals surface area (Å²) >= 11 is 0. The smallest absolute Gasteiger partial charge is 0.266 e. The summed E-state index contributed by atoms with van der Waals surface area (Å²) in [6.45, 7) is 4.27. The number of anilines is 1. The molecule has 1 aromatic carbocycles. The molecular formula is C17H16N2O3. The van der Waals surface area contributed by atoms with Gasteiger partial charge in [-0.15, -0.1) is 0 Å². The van der Waals surface area contributed by atoms with E-state index in [9.17, 15) is 4.79 Å². The maximum atomic E-state index is 12.1. The molecule has 2 aromatic rings. The van der Waals surface area contributed by atoms with E-state index < -0.39 is 5.91 Å². The second-order valence-corrected chi connectivity index (χ2v) is 4.53. The van der Waals surface area contributed by atoms with Gasteiger partial charge in [0.05, 0.1) is 6.61 Å². The summed E-state index contributed by atoms with van der Waals surface area (Å²) in [6, 6.07) is 12.3. The van der Waals surface area contributed by atoms with Crippen LogP contribution in [0.25, 0.3) is 6.08 Å². The normalized spacial score (nSPS) is 10.9. The Hall–Kier alpha value is -3.00. The van der Waals surface area contributed by atoms with E-state index >= 15 is 0 Å². The standard InChI is InChI=1S/C17H16N2O3/c1-3-21-15-8-5-14(6-9-15)19-17(20)13(11-18)10-16-7-4-12(2)22-16/h4-10H,3H2,1-2H3,(H,19,20)/b13-10+. The van der Waals surface area contributed by atoms with Crippen LogP contribution in [0.3, 0.4) is 0 Å². The first-order valence-electron chi connectivity index (χ1n) is 6.85. The fraction of sp³-hybridized carbons (Fsp3) is 0.176. The molecule has 0 aliphatic heterocycles. The van der Waals surface area contributed by atoms with E-state index in [1.165, 1.54) is 6.08 Å². The largest absolute Gasteiger partial charge is 0.494 e. The first-order valence-corrected chi connectivity index (χ1v) is 6.85. The monoisotopic (exact) mass is 296 g/mol. The van der Waals surface area contributed by atoms with Gasteiger partial charge in [-0.2, -0.15) is 5.26 Å². The van der Waals surface area contributed by atoms with Crippen molar-refractivity contribution in [1.29, 1.82) is 5.26 Å². The van der Waals surface area contributed by atoms with E-state index in [2.05, 4.69) is 5.32 Å². The number of aryl methyl sites for hydroxylation is 1. The fourth-order valence-electron chi connectivity index (χ4n) is 1.82. The van der Waals surface area contributed by atoms with Crippen LogP contribution in [0, 0.1) is 18.3 Å². The Labute approximate surface area is 128 Å². The van der Waals surface area contributed by atoms with E-state index in [4.69, 9.17) is 14.4 Å². The highest BCUT2D eigenvalue weighted by Crippen LogP contribution is 2.17. The van der Waals surface area contributed by atoms with Crippen molar-refractivity contribution < 1.29 is 13.9 Å². The summed E-state index contributed by atoms with van der Waals surface area (Å²) in [5.41, 5.74) is 0.563. The van der Waals surface area contributed by atoms with Gasteiger partial charge in [-0.05, 0) is 50.2 Å². The number of hydrogen-bond donors (Lipinski definition) is 1. The van der Waals surface area contributed by atoms with Crippen LogP contribution in [-0.4, -0.2) is 12.5 Å². The van der Waals surface area contributed by atoms with Gasteiger partial charge < -0.3 is 14.5 Å². The average Bonchev–Trinajstić information content (AvgIpc) is 2.92. The van der Waals surface area contributed by atoms with E-state index in [0.29, 0.717) is 18.1 Å². The van der Waals surface area contributed by atoms with Crippen LogP contribution in [0.15, 0.2) is 46.4 Å². The Kier molecular flexibility index (Phi) is 4.99. The highest BCUT2D eigenvalue weighted by Gasteiger charge is 2.10. The number of rotatable bonds is 5. The number of nitrogens with one attached hydrogen (secondary N) is 1. The van der Waals surface area contributed by atoms with E-state index in [-0.39, 0.29) is 5.57 Å². The summed E-state index contributed by atoms with van der Waals surface area (Å²) in [7, 11) is 0. The van der Waals surface area contributed by atoms with Crippen molar-refractivity contribution in [2.45, 2.75) is 13.8 Å². The van der Waals surface area contributed by atoms with E-state index in [1.807, 2.05) is 13.0 Å². The number of ether oxygens (including phenoxy) is 1. The Morgan fingerprint density at radius 1 is 1.32 bits per heavy atom. The van der Waals surface area contributed by atoms with Gasteiger partial charge in [0.15, 0.2) is 0 Å². The molecule has 0 fully saturated rings. The molecule has 0 saturated heterocycles. The lowest BCUT2D eigenvalue weighted by atomic mass is 10.2. The zero-order valence-corrected chi connectivity index (χ0v) is 12.4. The van der Waals surface area contributed by atoms with Crippen LogP contribution < -0.4 is 10.1 Å². The van der Waals surface area contributed by atoms with Crippen molar-refractivity contribution in [2.24, 2.45) is 0 Å².